The van der Waals surface area contributed by atoms with Crippen LogP contribution in [0.2, 0.25) is 0 Å². The quantitative estimate of drug-likeness (QED) is 0.173. The van der Waals surface area contributed by atoms with Crippen molar-refractivity contribution in [3.05, 3.63) is 181 Å². The Hall–Kier alpha value is -7.04. The fraction of sp³-hybridized carbons (Fsp3) is 0.0400. The molecule has 256 valence electrons. The van der Waals surface area contributed by atoms with Gasteiger partial charge in [0.05, 0.1) is 11.0 Å². The Morgan fingerprint density at radius 2 is 1.02 bits per heavy atom. The number of benzene rings is 8. The molecule has 0 fully saturated rings. The average molecular weight is 695 g/mol. The summed E-state index contributed by atoms with van der Waals surface area (Å²) in [5.41, 5.74) is 16.0. The van der Waals surface area contributed by atoms with E-state index in [9.17, 15) is 0 Å². The molecule has 3 heterocycles. The minimum absolute atomic E-state index is 0.804. The van der Waals surface area contributed by atoms with Crippen LogP contribution in [0.5, 0.6) is 23.0 Å². The monoisotopic (exact) mass is 694 g/mol. The zero-order valence-corrected chi connectivity index (χ0v) is 29.9. The van der Waals surface area contributed by atoms with Gasteiger partial charge >= 0.3 is 0 Å². The highest BCUT2D eigenvalue weighted by molar-refractivity contribution is 6.16. The maximum atomic E-state index is 6.63. The molecule has 0 saturated heterocycles. The molecule has 1 aromatic heterocycles. The Labute approximate surface area is 313 Å². The molecule has 2 aliphatic rings. The number of nitrogens with zero attached hydrogens (tertiary/aromatic N) is 2. The van der Waals surface area contributed by atoms with Gasteiger partial charge in [0, 0.05) is 27.8 Å². The topological polar surface area (TPSA) is 26.6 Å². The molecule has 8 aromatic carbocycles. The highest BCUT2D eigenvalue weighted by atomic mass is 16.5. The van der Waals surface area contributed by atoms with E-state index in [-0.39, 0.29) is 0 Å². The van der Waals surface area contributed by atoms with Crippen LogP contribution in [0.3, 0.4) is 0 Å². The number of para-hydroxylation sites is 2. The second-order valence-corrected chi connectivity index (χ2v) is 14.3. The van der Waals surface area contributed by atoms with Gasteiger partial charge in [0.2, 0.25) is 0 Å². The van der Waals surface area contributed by atoms with Gasteiger partial charge in [-0.05, 0) is 125 Å². The summed E-state index contributed by atoms with van der Waals surface area (Å²) in [5.74, 6) is 3.33. The van der Waals surface area contributed by atoms with E-state index in [1.807, 2.05) is 24.3 Å². The van der Waals surface area contributed by atoms with Crippen molar-refractivity contribution in [2.45, 2.75) is 13.8 Å². The molecular weight excluding hydrogens is 661 g/mol. The first kappa shape index (κ1) is 30.6. The molecule has 0 unspecified atom stereocenters. The summed E-state index contributed by atoms with van der Waals surface area (Å²) in [6, 6.07) is 60.6. The molecule has 0 radical (unpaired) electrons. The Morgan fingerprint density at radius 3 is 1.83 bits per heavy atom. The first-order valence-electron chi connectivity index (χ1n) is 18.4. The lowest BCUT2D eigenvalue weighted by Gasteiger charge is -2.27. The molecule has 9 aromatic rings. The van der Waals surface area contributed by atoms with E-state index < -0.39 is 0 Å². The maximum absolute atomic E-state index is 6.63. The molecule has 2 aliphatic heterocycles. The van der Waals surface area contributed by atoms with E-state index in [1.165, 1.54) is 33.4 Å². The SMILES string of the molecule is Cc1ccccc1-c1ccc(N(c2ccc(-c3cc4c5c(c3)c3cccc6c3n5-c3c(cccc3O4)O6)cc2)c2cccc(-c3ccccc3)c2)cc1C. The van der Waals surface area contributed by atoms with Crippen molar-refractivity contribution in [3.8, 4) is 62.1 Å². The van der Waals surface area contributed by atoms with Crippen LogP contribution in [0.1, 0.15) is 11.1 Å². The second-order valence-electron chi connectivity index (χ2n) is 14.3. The Morgan fingerprint density at radius 1 is 0.389 bits per heavy atom. The van der Waals surface area contributed by atoms with Gasteiger partial charge in [-0.1, -0.05) is 103 Å². The van der Waals surface area contributed by atoms with Gasteiger partial charge in [-0.15, -0.1) is 0 Å². The molecule has 4 nitrogen and oxygen atoms in total. The summed E-state index contributed by atoms with van der Waals surface area (Å²) < 4.78 is 15.3. The van der Waals surface area contributed by atoms with Gasteiger partial charge in [0.1, 0.15) is 5.69 Å². The molecule has 0 saturated carbocycles. The summed E-state index contributed by atoms with van der Waals surface area (Å²) in [5, 5.41) is 2.31. The summed E-state index contributed by atoms with van der Waals surface area (Å²) in [6.45, 7) is 4.39. The van der Waals surface area contributed by atoms with Crippen molar-refractivity contribution in [1.29, 1.82) is 0 Å². The Bertz CT molecular complexity index is 2960. The standard InChI is InChI=1S/C50H34N2O2/c1-31-11-6-7-16-40(31)41-26-25-39(27-32(41)2)51(38-15-8-14-35(28-38)33-12-4-3-5-13-33)37-23-21-34(22-24-37)36-29-43-42-17-9-18-44-48(42)52-49(43)47(30-36)54-46-20-10-19-45(53-44)50(46)52/h3-30H,1-2H3. The smallest absolute Gasteiger partial charge is 0.155 e. The van der Waals surface area contributed by atoms with E-state index in [0.717, 1.165) is 78.7 Å². The van der Waals surface area contributed by atoms with Crippen molar-refractivity contribution >= 4 is 38.9 Å². The highest BCUT2D eigenvalue weighted by Crippen LogP contribution is 2.54. The molecule has 0 N–H and O–H groups in total. The molecular formula is C50H34N2O2. The second kappa shape index (κ2) is 11.7. The van der Waals surface area contributed by atoms with Crippen molar-refractivity contribution < 1.29 is 9.47 Å². The van der Waals surface area contributed by atoms with Crippen molar-refractivity contribution in [3.63, 3.8) is 0 Å². The highest BCUT2D eigenvalue weighted by Gasteiger charge is 2.32. The van der Waals surface area contributed by atoms with Crippen LogP contribution in [0, 0.1) is 13.8 Å². The number of hydrogen-bond acceptors (Lipinski definition) is 3. The Kier molecular flexibility index (Phi) is 6.65. The zero-order valence-electron chi connectivity index (χ0n) is 29.9. The summed E-state index contributed by atoms with van der Waals surface area (Å²) in [6.07, 6.45) is 0. The van der Waals surface area contributed by atoms with Crippen LogP contribution < -0.4 is 14.4 Å². The van der Waals surface area contributed by atoms with Gasteiger partial charge in [0.25, 0.3) is 0 Å². The van der Waals surface area contributed by atoms with Crippen LogP contribution in [0.4, 0.5) is 17.1 Å². The lowest BCUT2D eigenvalue weighted by atomic mass is 9.96. The molecule has 11 rings (SSSR count). The zero-order chi connectivity index (χ0) is 35.9. The van der Waals surface area contributed by atoms with Crippen LogP contribution >= 0.6 is 0 Å². The molecule has 0 bridgehead atoms. The first-order valence-corrected chi connectivity index (χ1v) is 18.4. The van der Waals surface area contributed by atoms with Gasteiger partial charge < -0.3 is 14.4 Å². The predicted molar refractivity (Wildman–Crippen MR) is 221 cm³/mol. The van der Waals surface area contributed by atoms with Gasteiger partial charge in [-0.25, -0.2) is 0 Å². The summed E-state index contributed by atoms with van der Waals surface area (Å²) in [7, 11) is 0. The Balaban J connectivity index is 1.04. The lowest BCUT2D eigenvalue weighted by Crippen LogP contribution is -2.10. The third-order valence-electron chi connectivity index (χ3n) is 11.0. The fourth-order valence-corrected chi connectivity index (χ4v) is 8.47. The van der Waals surface area contributed by atoms with Crippen LogP contribution in [-0.2, 0) is 0 Å². The number of hydrogen-bond donors (Lipinski definition) is 0. The van der Waals surface area contributed by atoms with Gasteiger partial charge in [-0.2, -0.15) is 0 Å². The van der Waals surface area contributed by atoms with Crippen molar-refractivity contribution in [1.82, 2.24) is 4.57 Å². The molecule has 0 amide bonds. The fourth-order valence-electron chi connectivity index (χ4n) is 8.47. The van der Waals surface area contributed by atoms with Crippen LogP contribution in [-0.4, -0.2) is 4.57 Å². The van der Waals surface area contributed by atoms with Crippen LogP contribution in [0.15, 0.2) is 170 Å². The number of fused-ring (bicyclic) bond motifs is 1. The third-order valence-corrected chi connectivity index (χ3v) is 11.0. The largest absolute Gasteiger partial charge is 0.453 e. The van der Waals surface area contributed by atoms with E-state index in [2.05, 4.69) is 169 Å². The first-order chi connectivity index (χ1) is 26.6. The van der Waals surface area contributed by atoms with E-state index >= 15 is 0 Å². The van der Waals surface area contributed by atoms with E-state index in [1.54, 1.807) is 0 Å². The normalized spacial score (nSPS) is 12.2. The predicted octanol–water partition coefficient (Wildman–Crippen LogP) is 14.1. The van der Waals surface area contributed by atoms with E-state index in [0.29, 0.717) is 0 Å². The number of rotatable bonds is 6. The molecule has 4 heteroatoms. The van der Waals surface area contributed by atoms with Gasteiger partial charge in [0.15, 0.2) is 23.0 Å². The lowest BCUT2D eigenvalue weighted by molar-refractivity contribution is 0.444. The van der Waals surface area contributed by atoms with Gasteiger partial charge in [-0.3, -0.25) is 4.57 Å². The minimum Gasteiger partial charge on any atom is -0.453 e. The maximum Gasteiger partial charge on any atom is 0.155 e. The molecule has 0 atom stereocenters. The average Bonchev–Trinajstić information content (AvgIpc) is 3.55. The molecule has 0 spiro atoms. The van der Waals surface area contributed by atoms with E-state index in [4.69, 9.17) is 9.47 Å². The number of aryl methyl sites for hydroxylation is 2. The number of aromatic nitrogens is 1. The molecule has 54 heavy (non-hydrogen) atoms. The summed E-state index contributed by atoms with van der Waals surface area (Å²) >= 11 is 0. The van der Waals surface area contributed by atoms with Crippen molar-refractivity contribution in [2.75, 3.05) is 4.90 Å². The summed E-state index contributed by atoms with van der Waals surface area (Å²) in [4.78, 5) is 2.36. The minimum atomic E-state index is 0.804. The van der Waals surface area contributed by atoms with Crippen LogP contribution in [0.25, 0.3) is 60.9 Å². The number of ether oxygens (including phenoxy) is 2. The molecule has 0 aliphatic carbocycles. The van der Waals surface area contributed by atoms with Crippen molar-refractivity contribution in [2.24, 2.45) is 0 Å². The number of anilines is 3. The third kappa shape index (κ3) is 4.63.